The fourth-order valence-electron chi connectivity index (χ4n) is 3.84. The summed E-state index contributed by atoms with van der Waals surface area (Å²) in [5.74, 6) is -0.979. The largest absolute Gasteiger partial charge is 0.481 e. The molecule has 1 rings (SSSR count). The second-order valence-corrected chi connectivity index (χ2v) is 7.84. The Labute approximate surface area is 162 Å². The molecule has 0 heterocycles. The van der Waals surface area contributed by atoms with E-state index in [4.69, 9.17) is 5.11 Å². The molecule has 1 aliphatic rings. The fourth-order valence-corrected chi connectivity index (χ4v) is 3.84. The molecule has 0 aliphatic heterocycles. The molecule has 0 aromatic carbocycles. The molecule has 0 spiro atoms. The lowest BCUT2D eigenvalue weighted by Gasteiger charge is -2.21. The van der Waals surface area contributed by atoms with Crippen molar-refractivity contribution in [2.24, 2.45) is 17.8 Å². The maximum absolute atomic E-state index is 12.2. The molecule has 1 aliphatic carbocycles. The molecule has 0 bridgehead atoms. The Morgan fingerprint density at radius 3 is 2.59 bits per heavy atom. The summed E-state index contributed by atoms with van der Waals surface area (Å²) >= 11 is 0. The van der Waals surface area contributed by atoms with Gasteiger partial charge in [-0.05, 0) is 25.2 Å². The van der Waals surface area contributed by atoms with Crippen molar-refractivity contribution < 1.29 is 29.9 Å². The Bertz CT molecular complexity index is 475. The van der Waals surface area contributed by atoms with E-state index in [2.05, 4.69) is 11.8 Å². The van der Waals surface area contributed by atoms with E-state index in [1.54, 1.807) is 6.08 Å². The third-order valence-corrected chi connectivity index (χ3v) is 5.61. The summed E-state index contributed by atoms with van der Waals surface area (Å²) in [6.45, 7) is 4.13. The van der Waals surface area contributed by atoms with Gasteiger partial charge in [0.15, 0.2) is 0 Å². The lowest BCUT2D eigenvalue weighted by atomic mass is 9.87. The van der Waals surface area contributed by atoms with Gasteiger partial charge in [0.05, 0.1) is 6.10 Å². The first-order valence-electron chi connectivity index (χ1n) is 10.3. The van der Waals surface area contributed by atoms with Crippen molar-refractivity contribution in [2.45, 2.75) is 90.3 Å². The fraction of sp³-hybridized carbons (Fsp3) is 0.810. The van der Waals surface area contributed by atoms with Gasteiger partial charge in [-0.1, -0.05) is 58.1 Å². The van der Waals surface area contributed by atoms with Gasteiger partial charge in [0.1, 0.15) is 11.9 Å². The second kappa shape index (κ2) is 13.0. The number of aliphatic hydroxyl groups excluding tert-OH is 1. The summed E-state index contributed by atoms with van der Waals surface area (Å²) in [6.07, 6.45) is 9.89. The number of carbonyl (C=O) groups excluding carboxylic acids is 1. The number of carbonyl (C=O) groups is 2. The lowest BCUT2D eigenvalue weighted by Crippen LogP contribution is -2.22. The zero-order valence-electron chi connectivity index (χ0n) is 16.7. The first-order valence-corrected chi connectivity index (χ1v) is 10.3. The van der Waals surface area contributed by atoms with Crippen molar-refractivity contribution in [3.8, 4) is 0 Å². The number of carboxylic acid groups (broad SMARTS) is 1. The normalized spacial score (nSPS) is 25.2. The number of Topliss-reactive ketones (excluding diaryl/α,β-unsaturated/α-hetero) is 1. The van der Waals surface area contributed by atoms with Crippen molar-refractivity contribution >= 4 is 11.8 Å². The van der Waals surface area contributed by atoms with E-state index < -0.39 is 18.2 Å². The van der Waals surface area contributed by atoms with Gasteiger partial charge in [0.25, 0.3) is 0 Å². The van der Waals surface area contributed by atoms with Crippen LogP contribution >= 0.6 is 0 Å². The smallest absolute Gasteiger partial charge is 0.303 e. The molecule has 0 aromatic heterocycles. The highest BCUT2D eigenvalue weighted by atomic mass is 17.1. The minimum absolute atomic E-state index is 0.0863. The summed E-state index contributed by atoms with van der Waals surface area (Å²) in [5.41, 5.74) is 0. The van der Waals surface area contributed by atoms with Gasteiger partial charge < -0.3 is 10.2 Å². The summed E-state index contributed by atoms with van der Waals surface area (Å²) in [4.78, 5) is 27.4. The molecule has 1 fully saturated rings. The Hall–Kier alpha value is -1.24. The van der Waals surface area contributed by atoms with Crippen molar-refractivity contribution in [2.75, 3.05) is 0 Å². The highest BCUT2D eigenvalue weighted by Gasteiger charge is 2.39. The molecular weight excluding hydrogens is 348 g/mol. The average molecular weight is 385 g/mol. The van der Waals surface area contributed by atoms with Crippen molar-refractivity contribution in [1.29, 1.82) is 0 Å². The third-order valence-electron chi connectivity index (χ3n) is 5.61. The molecule has 5 atom stereocenters. The molecule has 3 N–H and O–H groups in total. The molecule has 0 aromatic rings. The average Bonchev–Trinajstić information content (AvgIpc) is 2.89. The number of unbranched alkanes of at least 4 members (excludes halogenated alkanes) is 4. The molecule has 156 valence electrons. The molecule has 6 heteroatoms. The second-order valence-electron chi connectivity index (χ2n) is 7.84. The molecule has 27 heavy (non-hydrogen) atoms. The van der Waals surface area contributed by atoms with Crippen LogP contribution in [0.4, 0.5) is 0 Å². The van der Waals surface area contributed by atoms with E-state index in [0.717, 1.165) is 38.5 Å². The Balaban J connectivity index is 2.54. The maximum atomic E-state index is 12.2. The van der Waals surface area contributed by atoms with Crippen LogP contribution in [0.3, 0.4) is 0 Å². The van der Waals surface area contributed by atoms with Crippen LogP contribution in [0.15, 0.2) is 12.2 Å². The summed E-state index contributed by atoms with van der Waals surface area (Å²) in [7, 11) is 0. The van der Waals surface area contributed by atoms with E-state index in [-0.39, 0.29) is 36.4 Å². The predicted molar refractivity (Wildman–Crippen MR) is 103 cm³/mol. The number of aliphatic hydroxyl groups is 1. The number of ketones is 1. The number of carboxylic acids is 1. The van der Waals surface area contributed by atoms with Crippen molar-refractivity contribution in [3.63, 3.8) is 0 Å². The van der Waals surface area contributed by atoms with Gasteiger partial charge in [0, 0.05) is 24.7 Å². The predicted octanol–water partition coefficient (Wildman–Crippen LogP) is 4.22. The molecule has 1 saturated carbocycles. The SMILES string of the molecule is CCCCC(C)C(C=C[C@H]1[C@H](O)CC(=O)[C@@H]1CCCCCCC(=O)O)OO. The van der Waals surface area contributed by atoms with Crippen molar-refractivity contribution in [1.82, 2.24) is 0 Å². The van der Waals surface area contributed by atoms with E-state index in [0.29, 0.717) is 12.8 Å². The van der Waals surface area contributed by atoms with Crippen LogP contribution in [-0.2, 0) is 14.5 Å². The zero-order chi connectivity index (χ0) is 20.2. The van der Waals surface area contributed by atoms with Gasteiger partial charge in [0.2, 0.25) is 0 Å². The van der Waals surface area contributed by atoms with Gasteiger partial charge in [-0.15, -0.1) is 0 Å². The van der Waals surface area contributed by atoms with Gasteiger partial charge in [-0.2, -0.15) is 0 Å². The highest BCUT2D eigenvalue weighted by Crippen LogP contribution is 2.34. The van der Waals surface area contributed by atoms with Gasteiger partial charge >= 0.3 is 5.97 Å². The van der Waals surface area contributed by atoms with Crippen LogP contribution in [0, 0.1) is 17.8 Å². The number of hydrogen-bond donors (Lipinski definition) is 3. The van der Waals surface area contributed by atoms with Gasteiger partial charge in [-0.3, -0.25) is 14.8 Å². The molecule has 6 nitrogen and oxygen atoms in total. The van der Waals surface area contributed by atoms with Crippen molar-refractivity contribution in [3.05, 3.63) is 12.2 Å². The highest BCUT2D eigenvalue weighted by molar-refractivity contribution is 5.84. The number of aliphatic carboxylic acids is 1. The topological polar surface area (TPSA) is 104 Å². The quantitative estimate of drug-likeness (QED) is 0.179. The van der Waals surface area contributed by atoms with Crippen LogP contribution in [-0.4, -0.2) is 39.4 Å². The van der Waals surface area contributed by atoms with Crippen LogP contribution < -0.4 is 0 Å². The minimum atomic E-state index is -0.775. The Morgan fingerprint density at radius 1 is 1.26 bits per heavy atom. The summed E-state index contributed by atoms with van der Waals surface area (Å²) in [5, 5.41) is 28.1. The molecule has 0 radical (unpaired) electrons. The van der Waals surface area contributed by atoms with Gasteiger partial charge in [-0.25, -0.2) is 4.89 Å². The third kappa shape index (κ3) is 8.54. The van der Waals surface area contributed by atoms with E-state index >= 15 is 0 Å². The Morgan fingerprint density at radius 2 is 1.96 bits per heavy atom. The standard InChI is InChI=1S/C21H36O6/c1-3-4-9-15(2)20(27-26)13-12-17-16(18(22)14-19(17)23)10-7-5-6-8-11-21(24)25/h12-13,15-17,19-20,23,26H,3-11,14H2,1-2H3,(H,24,25)/t15?,16-,17-,19-,20?/m1/s1. The van der Waals surface area contributed by atoms with Crippen LogP contribution in [0.25, 0.3) is 0 Å². The molecule has 0 amide bonds. The van der Waals surface area contributed by atoms with Crippen LogP contribution in [0.5, 0.6) is 0 Å². The number of rotatable bonds is 14. The molecular formula is C21H36O6. The molecule has 2 unspecified atom stereocenters. The monoisotopic (exact) mass is 384 g/mol. The summed E-state index contributed by atoms with van der Waals surface area (Å²) < 4.78 is 0. The van der Waals surface area contributed by atoms with E-state index in [9.17, 15) is 20.0 Å². The summed E-state index contributed by atoms with van der Waals surface area (Å²) in [6, 6.07) is 0. The van der Waals surface area contributed by atoms with Crippen LogP contribution in [0.2, 0.25) is 0 Å². The number of hydrogen-bond acceptors (Lipinski definition) is 5. The first kappa shape index (κ1) is 23.8. The maximum Gasteiger partial charge on any atom is 0.303 e. The molecule has 0 saturated heterocycles. The minimum Gasteiger partial charge on any atom is -0.481 e. The lowest BCUT2D eigenvalue weighted by molar-refractivity contribution is -0.276. The van der Waals surface area contributed by atoms with E-state index in [1.807, 2.05) is 13.0 Å². The Kier molecular flexibility index (Phi) is 11.5. The van der Waals surface area contributed by atoms with Crippen LogP contribution in [0.1, 0.15) is 78.1 Å². The van der Waals surface area contributed by atoms with E-state index in [1.165, 1.54) is 0 Å². The first-order chi connectivity index (χ1) is 12.9. The zero-order valence-corrected chi connectivity index (χ0v) is 16.7.